The Morgan fingerprint density at radius 1 is 1.42 bits per heavy atom. The number of aliphatic hydroxyl groups is 1. The monoisotopic (exact) mass is 330 g/mol. The fourth-order valence-electron chi connectivity index (χ4n) is 3.33. The van der Waals surface area contributed by atoms with Crippen LogP contribution in [0.15, 0.2) is 18.3 Å². The number of aromatic nitrogens is 2. The number of piperidine rings is 1. The van der Waals surface area contributed by atoms with E-state index in [2.05, 4.69) is 21.9 Å². The van der Waals surface area contributed by atoms with Crippen LogP contribution in [0.25, 0.3) is 10.9 Å². The highest BCUT2D eigenvalue weighted by Gasteiger charge is 2.16. The van der Waals surface area contributed by atoms with Crippen molar-refractivity contribution in [2.45, 2.75) is 32.7 Å². The van der Waals surface area contributed by atoms with Crippen molar-refractivity contribution in [3.05, 3.63) is 29.5 Å². The molecule has 3 rings (SSSR count). The van der Waals surface area contributed by atoms with E-state index in [4.69, 9.17) is 5.11 Å². The zero-order valence-corrected chi connectivity index (χ0v) is 14.2. The Kier molecular flexibility index (Phi) is 5.48. The van der Waals surface area contributed by atoms with Crippen molar-refractivity contribution >= 4 is 16.8 Å². The minimum Gasteiger partial charge on any atom is -0.396 e. The van der Waals surface area contributed by atoms with Crippen LogP contribution in [0.2, 0.25) is 0 Å². The molecule has 1 aliphatic rings. The summed E-state index contributed by atoms with van der Waals surface area (Å²) in [5.41, 5.74) is 2.58. The number of fused-ring (bicyclic) bond motifs is 1. The molecule has 0 spiro atoms. The van der Waals surface area contributed by atoms with Gasteiger partial charge in [0.25, 0.3) is 5.91 Å². The average Bonchev–Trinajstić information content (AvgIpc) is 3.00. The fraction of sp³-hybridized carbons (Fsp3) is 0.556. The maximum atomic E-state index is 12.3. The Balaban J connectivity index is 1.76. The molecule has 0 radical (unpaired) electrons. The van der Waals surface area contributed by atoms with Crippen LogP contribution < -0.4 is 10.6 Å². The molecule has 24 heavy (non-hydrogen) atoms. The minimum absolute atomic E-state index is 0.0851. The second-order valence-corrected chi connectivity index (χ2v) is 6.55. The van der Waals surface area contributed by atoms with Crippen molar-refractivity contribution in [2.75, 3.05) is 26.2 Å². The Morgan fingerprint density at radius 3 is 2.96 bits per heavy atom. The van der Waals surface area contributed by atoms with Crippen LogP contribution in [0.4, 0.5) is 0 Å². The maximum absolute atomic E-state index is 12.3. The van der Waals surface area contributed by atoms with Gasteiger partial charge in [-0.1, -0.05) is 0 Å². The highest BCUT2D eigenvalue weighted by atomic mass is 16.3. The summed E-state index contributed by atoms with van der Waals surface area (Å²) in [4.78, 5) is 12.3. The number of amides is 1. The standard InChI is InChI=1S/C18H26N4O2/c1-13-15(18(24)20-7-2-10-23)3-4-17-16(13)12-22(21-17)11-14-5-8-19-9-6-14/h3-4,12,14,19,23H,2,5-11H2,1H3,(H,20,24). The molecule has 0 bridgehead atoms. The van der Waals surface area contributed by atoms with E-state index >= 15 is 0 Å². The quantitative estimate of drug-likeness (QED) is 0.701. The van der Waals surface area contributed by atoms with Crippen molar-refractivity contribution in [3.63, 3.8) is 0 Å². The Hall–Kier alpha value is -1.92. The van der Waals surface area contributed by atoms with Crippen LogP contribution in [-0.2, 0) is 6.54 Å². The Labute approximate surface area is 142 Å². The van der Waals surface area contributed by atoms with E-state index in [1.165, 1.54) is 12.8 Å². The molecule has 3 N–H and O–H groups in total. The van der Waals surface area contributed by atoms with E-state index in [9.17, 15) is 4.79 Å². The third-order valence-electron chi connectivity index (χ3n) is 4.78. The Morgan fingerprint density at radius 2 is 2.21 bits per heavy atom. The van der Waals surface area contributed by atoms with Gasteiger partial charge in [-0.15, -0.1) is 0 Å². The normalized spacial score (nSPS) is 15.8. The van der Waals surface area contributed by atoms with E-state index in [0.29, 0.717) is 24.4 Å². The first-order valence-corrected chi connectivity index (χ1v) is 8.75. The summed E-state index contributed by atoms with van der Waals surface area (Å²) in [5, 5.41) is 20.8. The van der Waals surface area contributed by atoms with Gasteiger partial charge in [-0.25, -0.2) is 0 Å². The number of nitrogens with one attached hydrogen (secondary N) is 2. The first kappa shape index (κ1) is 16.9. The van der Waals surface area contributed by atoms with Crippen LogP contribution in [0.5, 0.6) is 0 Å². The molecule has 2 aromatic rings. The number of nitrogens with zero attached hydrogens (tertiary/aromatic N) is 2. The lowest BCUT2D eigenvalue weighted by Gasteiger charge is -2.22. The second kappa shape index (κ2) is 7.77. The second-order valence-electron chi connectivity index (χ2n) is 6.55. The van der Waals surface area contributed by atoms with Gasteiger partial charge >= 0.3 is 0 Å². The van der Waals surface area contributed by atoms with Gasteiger partial charge in [-0.3, -0.25) is 9.48 Å². The van der Waals surface area contributed by atoms with E-state index in [1.807, 2.05) is 23.7 Å². The van der Waals surface area contributed by atoms with Crippen molar-refractivity contribution in [3.8, 4) is 0 Å². The highest BCUT2D eigenvalue weighted by Crippen LogP contribution is 2.22. The van der Waals surface area contributed by atoms with Gasteiger partial charge in [-0.05, 0) is 62.9 Å². The first-order chi connectivity index (χ1) is 11.7. The number of benzene rings is 1. The van der Waals surface area contributed by atoms with Crippen molar-refractivity contribution < 1.29 is 9.90 Å². The smallest absolute Gasteiger partial charge is 0.251 e. The SMILES string of the molecule is Cc1c(C(=O)NCCCO)ccc2nn(CC3CCNCC3)cc12. The predicted molar refractivity (Wildman–Crippen MR) is 94.1 cm³/mol. The molecule has 1 aliphatic heterocycles. The number of hydrogen-bond acceptors (Lipinski definition) is 4. The molecule has 130 valence electrons. The molecule has 2 heterocycles. The van der Waals surface area contributed by atoms with E-state index in [-0.39, 0.29) is 12.5 Å². The lowest BCUT2D eigenvalue weighted by Crippen LogP contribution is -2.29. The largest absolute Gasteiger partial charge is 0.396 e. The zero-order valence-electron chi connectivity index (χ0n) is 14.2. The predicted octanol–water partition coefficient (Wildman–Crippen LogP) is 1.46. The van der Waals surface area contributed by atoms with Gasteiger partial charge in [0.15, 0.2) is 0 Å². The molecule has 0 atom stereocenters. The van der Waals surface area contributed by atoms with Gasteiger partial charge in [0.1, 0.15) is 0 Å². The highest BCUT2D eigenvalue weighted by molar-refractivity contribution is 6.00. The number of aryl methyl sites for hydroxylation is 1. The number of carbonyl (C=O) groups excluding carboxylic acids is 1. The summed E-state index contributed by atoms with van der Waals surface area (Å²) in [5.74, 6) is 0.580. The molecule has 0 aliphatic carbocycles. The van der Waals surface area contributed by atoms with Crippen molar-refractivity contribution in [1.29, 1.82) is 0 Å². The lowest BCUT2D eigenvalue weighted by molar-refractivity contribution is 0.0950. The first-order valence-electron chi connectivity index (χ1n) is 8.75. The van der Waals surface area contributed by atoms with Gasteiger partial charge in [-0.2, -0.15) is 5.10 Å². The van der Waals surface area contributed by atoms with E-state index < -0.39 is 0 Å². The van der Waals surface area contributed by atoms with Crippen molar-refractivity contribution in [2.24, 2.45) is 5.92 Å². The molecule has 1 fully saturated rings. The Bertz CT molecular complexity index is 704. The molecule has 6 nitrogen and oxygen atoms in total. The van der Waals surface area contributed by atoms with Gasteiger partial charge in [0, 0.05) is 36.8 Å². The molecular formula is C18H26N4O2. The van der Waals surface area contributed by atoms with Crippen LogP contribution in [0.1, 0.15) is 35.2 Å². The summed E-state index contributed by atoms with van der Waals surface area (Å²) in [6, 6.07) is 3.76. The maximum Gasteiger partial charge on any atom is 0.251 e. The molecule has 1 aromatic heterocycles. The molecule has 1 amide bonds. The van der Waals surface area contributed by atoms with Gasteiger partial charge < -0.3 is 15.7 Å². The van der Waals surface area contributed by atoms with Crippen molar-refractivity contribution in [1.82, 2.24) is 20.4 Å². The summed E-state index contributed by atoms with van der Waals surface area (Å²) < 4.78 is 2.03. The average molecular weight is 330 g/mol. The van der Waals surface area contributed by atoms with Gasteiger partial charge in [0.05, 0.1) is 5.52 Å². The zero-order chi connectivity index (χ0) is 16.9. The van der Waals surface area contributed by atoms with Crippen LogP contribution >= 0.6 is 0 Å². The van der Waals surface area contributed by atoms with Crippen LogP contribution in [0.3, 0.4) is 0 Å². The third kappa shape index (κ3) is 3.76. The molecule has 6 heteroatoms. The molecule has 1 saturated heterocycles. The number of hydrogen-bond donors (Lipinski definition) is 3. The molecule has 0 unspecified atom stereocenters. The fourth-order valence-corrected chi connectivity index (χ4v) is 3.33. The summed E-state index contributed by atoms with van der Waals surface area (Å²) in [6.07, 6.45) is 5.01. The molecular weight excluding hydrogens is 304 g/mol. The van der Waals surface area contributed by atoms with Crippen LogP contribution in [-0.4, -0.2) is 47.0 Å². The topological polar surface area (TPSA) is 79.2 Å². The van der Waals surface area contributed by atoms with Crippen LogP contribution in [0, 0.1) is 12.8 Å². The van der Waals surface area contributed by atoms with Gasteiger partial charge in [0.2, 0.25) is 0 Å². The lowest BCUT2D eigenvalue weighted by atomic mass is 9.98. The number of aliphatic hydroxyl groups excluding tert-OH is 1. The summed E-state index contributed by atoms with van der Waals surface area (Å²) in [6.45, 7) is 5.66. The minimum atomic E-state index is -0.0889. The summed E-state index contributed by atoms with van der Waals surface area (Å²) >= 11 is 0. The summed E-state index contributed by atoms with van der Waals surface area (Å²) in [7, 11) is 0. The third-order valence-corrected chi connectivity index (χ3v) is 4.78. The van der Waals surface area contributed by atoms with E-state index in [1.54, 1.807) is 0 Å². The molecule has 1 aromatic carbocycles. The number of carbonyl (C=O) groups is 1. The van der Waals surface area contributed by atoms with E-state index in [0.717, 1.165) is 36.1 Å². The molecule has 0 saturated carbocycles. The number of rotatable bonds is 6.